The van der Waals surface area contributed by atoms with Crippen LogP contribution in [0.2, 0.25) is 0 Å². The molecule has 38 heavy (non-hydrogen) atoms. The molecule has 3 rings (SSSR count). The van der Waals surface area contributed by atoms with Gasteiger partial charge >= 0.3 is 6.09 Å². The number of hydrogen-bond donors (Lipinski definition) is 2. The summed E-state index contributed by atoms with van der Waals surface area (Å²) < 4.78 is 5.40. The molecule has 0 spiro atoms. The SMILES string of the molecule is CC(C)CC(=O)NCCCC[C@@H](NC(=O)OCc1ccccc1)C(=O)N1CCC(Cc2ccccc2)CC1. The number of rotatable bonds is 13. The molecule has 0 unspecified atom stereocenters. The van der Waals surface area contributed by atoms with Gasteiger partial charge in [-0.25, -0.2) is 4.79 Å². The lowest BCUT2D eigenvalue weighted by Gasteiger charge is -2.34. The molecule has 1 heterocycles. The standard InChI is InChI=1S/C31H43N3O4/c1-24(2)21-29(35)32-18-10-9-15-28(33-31(37)38-23-27-13-7-4-8-14-27)30(36)34-19-16-26(17-20-34)22-25-11-5-3-6-12-25/h3-8,11-14,24,26,28H,9-10,15-23H2,1-2H3,(H,32,35)(H,33,37)/t28-/m1/s1. The van der Waals surface area contributed by atoms with Crippen molar-refractivity contribution in [1.82, 2.24) is 15.5 Å². The van der Waals surface area contributed by atoms with Crippen LogP contribution < -0.4 is 10.6 Å². The summed E-state index contributed by atoms with van der Waals surface area (Å²) in [5.74, 6) is 0.871. The Kier molecular flexibility index (Phi) is 12.1. The molecule has 0 aliphatic carbocycles. The lowest BCUT2D eigenvalue weighted by atomic mass is 9.90. The van der Waals surface area contributed by atoms with Gasteiger partial charge in [-0.2, -0.15) is 0 Å². The number of alkyl carbamates (subject to hydrolysis) is 1. The molecule has 3 amide bonds. The van der Waals surface area contributed by atoms with Gasteiger partial charge in [0.1, 0.15) is 12.6 Å². The lowest BCUT2D eigenvalue weighted by Crippen LogP contribution is -2.51. The minimum Gasteiger partial charge on any atom is -0.445 e. The van der Waals surface area contributed by atoms with Gasteiger partial charge < -0.3 is 20.3 Å². The molecule has 0 radical (unpaired) electrons. The van der Waals surface area contributed by atoms with Crippen molar-refractivity contribution in [3.05, 3.63) is 71.8 Å². The highest BCUT2D eigenvalue weighted by atomic mass is 16.5. The van der Waals surface area contributed by atoms with Crippen LogP contribution in [0.4, 0.5) is 4.79 Å². The average molecular weight is 522 g/mol. The largest absolute Gasteiger partial charge is 0.445 e. The molecule has 0 aromatic heterocycles. The van der Waals surface area contributed by atoms with Gasteiger partial charge in [0.05, 0.1) is 0 Å². The van der Waals surface area contributed by atoms with E-state index < -0.39 is 12.1 Å². The number of likely N-dealkylation sites (tertiary alicyclic amines) is 1. The Bertz CT molecular complexity index is 989. The summed E-state index contributed by atoms with van der Waals surface area (Å²) in [6.07, 6.45) is 4.81. The topological polar surface area (TPSA) is 87.7 Å². The fraction of sp³-hybridized carbons (Fsp3) is 0.516. The van der Waals surface area contributed by atoms with E-state index in [9.17, 15) is 14.4 Å². The van der Waals surface area contributed by atoms with E-state index in [4.69, 9.17) is 4.74 Å². The highest BCUT2D eigenvalue weighted by Gasteiger charge is 2.29. The van der Waals surface area contributed by atoms with E-state index in [1.807, 2.05) is 55.1 Å². The number of benzene rings is 2. The zero-order valence-corrected chi connectivity index (χ0v) is 22.9. The predicted molar refractivity (Wildman–Crippen MR) is 149 cm³/mol. The van der Waals surface area contributed by atoms with Crippen molar-refractivity contribution in [3.63, 3.8) is 0 Å². The summed E-state index contributed by atoms with van der Waals surface area (Å²) in [5, 5.41) is 5.76. The Morgan fingerprint density at radius 1 is 0.921 bits per heavy atom. The fourth-order valence-electron chi connectivity index (χ4n) is 4.83. The Labute approximate surface area is 227 Å². The summed E-state index contributed by atoms with van der Waals surface area (Å²) in [6, 6.07) is 19.3. The number of amides is 3. The van der Waals surface area contributed by atoms with Crippen molar-refractivity contribution in [2.75, 3.05) is 19.6 Å². The molecule has 7 nitrogen and oxygen atoms in total. The van der Waals surface area contributed by atoms with Crippen molar-refractivity contribution in [3.8, 4) is 0 Å². The van der Waals surface area contributed by atoms with Crippen molar-refractivity contribution in [2.24, 2.45) is 11.8 Å². The molecule has 0 bridgehead atoms. The van der Waals surface area contributed by atoms with Gasteiger partial charge in [-0.3, -0.25) is 9.59 Å². The second kappa shape index (κ2) is 15.8. The Hall–Kier alpha value is -3.35. The van der Waals surface area contributed by atoms with E-state index in [-0.39, 0.29) is 18.4 Å². The summed E-state index contributed by atoms with van der Waals surface area (Å²) in [5.41, 5.74) is 2.22. The first-order valence-electron chi connectivity index (χ1n) is 14.0. The van der Waals surface area contributed by atoms with Crippen LogP contribution in [0.1, 0.15) is 63.5 Å². The number of hydrogen-bond acceptors (Lipinski definition) is 4. The number of piperidine rings is 1. The number of carbonyl (C=O) groups excluding carboxylic acids is 3. The smallest absolute Gasteiger partial charge is 0.408 e. The number of ether oxygens (including phenoxy) is 1. The van der Waals surface area contributed by atoms with Crippen molar-refractivity contribution < 1.29 is 19.1 Å². The zero-order chi connectivity index (χ0) is 27.2. The van der Waals surface area contributed by atoms with Crippen molar-refractivity contribution in [2.45, 2.75) is 71.4 Å². The number of nitrogens with one attached hydrogen (secondary N) is 2. The van der Waals surface area contributed by atoms with Crippen molar-refractivity contribution in [1.29, 1.82) is 0 Å². The number of nitrogens with zero attached hydrogens (tertiary/aromatic N) is 1. The van der Waals surface area contributed by atoms with E-state index in [2.05, 4.69) is 34.9 Å². The third-order valence-corrected chi connectivity index (χ3v) is 6.93. The molecule has 1 fully saturated rings. The van der Waals surface area contributed by atoms with Crippen LogP contribution in [0.3, 0.4) is 0 Å². The van der Waals surface area contributed by atoms with Crippen LogP contribution in [0.15, 0.2) is 60.7 Å². The van der Waals surface area contributed by atoms with E-state index in [1.165, 1.54) is 5.56 Å². The second-order valence-corrected chi connectivity index (χ2v) is 10.7. The fourth-order valence-corrected chi connectivity index (χ4v) is 4.83. The highest BCUT2D eigenvalue weighted by Crippen LogP contribution is 2.22. The number of carbonyl (C=O) groups is 3. The third kappa shape index (κ3) is 10.6. The Morgan fingerprint density at radius 2 is 1.55 bits per heavy atom. The van der Waals surface area contributed by atoms with Gasteiger partial charge in [-0.1, -0.05) is 74.5 Å². The van der Waals surface area contributed by atoms with Crippen LogP contribution >= 0.6 is 0 Å². The van der Waals surface area contributed by atoms with Gasteiger partial charge in [0.25, 0.3) is 0 Å². The van der Waals surface area contributed by atoms with Crippen LogP contribution in [0.5, 0.6) is 0 Å². The van der Waals surface area contributed by atoms with Gasteiger partial charge in [0.15, 0.2) is 0 Å². The first-order valence-corrected chi connectivity index (χ1v) is 14.0. The van der Waals surface area contributed by atoms with E-state index in [1.54, 1.807) is 0 Å². The molecule has 7 heteroatoms. The molecule has 1 saturated heterocycles. The van der Waals surface area contributed by atoms with Crippen LogP contribution in [-0.4, -0.2) is 48.5 Å². The van der Waals surface area contributed by atoms with Gasteiger partial charge in [0, 0.05) is 26.1 Å². The minimum absolute atomic E-state index is 0.0496. The first kappa shape index (κ1) is 29.2. The summed E-state index contributed by atoms with van der Waals surface area (Å²) >= 11 is 0. The Balaban J connectivity index is 1.49. The third-order valence-electron chi connectivity index (χ3n) is 6.93. The maximum Gasteiger partial charge on any atom is 0.408 e. The first-order chi connectivity index (χ1) is 18.4. The maximum atomic E-state index is 13.5. The summed E-state index contributed by atoms with van der Waals surface area (Å²) in [7, 11) is 0. The monoisotopic (exact) mass is 521 g/mol. The normalized spacial score (nSPS) is 14.7. The number of unbranched alkanes of at least 4 members (excludes halogenated alkanes) is 1. The summed E-state index contributed by atoms with van der Waals surface area (Å²) in [6.45, 7) is 6.14. The molecule has 1 atom stereocenters. The summed E-state index contributed by atoms with van der Waals surface area (Å²) in [4.78, 5) is 39.8. The van der Waals surface area contributed by atoms with Gasteiger partial charge in [0.2, 0.25) is 11.8 Å². The highest BCUT2D eigenvalue weighted by molar-refractivity contribution is 5.85. The molecule has 2 aromatic carbocycles. The van der Waals surface area contributed by atoms with E-state index in [0.717, 1.165) is 31.2 Å². The average Bonchev–Trinajstić information content (AvgIpc) is 2.92. The molecule has 206 valence electrons. The van der Waals surface area contributed by atoms with E-state index >= 15 is 0 Å². The molecular weight excluding hydrogens is 478 g/mol. The molecule has 0 saturated carbocycles. The quantitative estimate of drug-likeness (QED) is 0.359. The van der Waals surface area contributed by atoms with Crippen LogP contribution in [0, 0.1) is 11.8 Å². The van der Waals surface area contributed by atoms with Gasteiger partial charge in [-0.15, -0.1) is 0 Å². The second-order valence-electron chi connectivity index (χ2n) is 10.7. The maximum absolute atomic E-state index is 13.5. The van der Waals surface area contributed by atoms with Crippen LogP contribution in [-0.2, 0) is 27.4 Å². The van der Waals surface area contributed by atoms with Crippen molar-refractivity contribution >= 4 is 17.9 Å². The molecule has 2 N–H and O–H groups in total. The lowest BCUT2D eigenvalue weighted by molar-refractivity contribution is -0.135. The minimum atomic E-state index is -0.643. The van der Waals surface area contributed by atoms with Crippen LogP contribution in [0.25, 0.3) is 0 Å². The Morgan fingerprint density at radius 3 is 2.18 bits per heavy atom. The predicted octanol–water partition coefficient (Wildman–Crippen LogP) is 5.10. The molecule has 1 aliphatic heterocycles. The molecular formula is C31H43N3O4. The molecule has 2 aromatic rings. The van der Waals surface area contributed by atoms with Gasteiger partial charge in [-0.05, 0) is 61.5 Å². The zero-order valence-electron chi connectivity index (χ0n) is 22.9. The van der Waals surface area contributed by atoms with E-state index in [0.29, 0.717) is 50.7 Å². The molecule has 1 aliphatic rings.